The van der Waals surface area contributed by atoms with Crippen molar-refractivity contribution in [2.75, 3.05) is 6.54 Å². The van der Waals surface area contributed by atoms with E-state index in [1.54, 1.807) is 25.7 Å². The second kappa shape index (κ2) is 15.2. The lowest BCUT2D eigenvalue weighted by molar-refractivity contribution is -0.142. The van der Waals surface area contributed by atoms with Crippen molar-refractivity contribution in [2.45, 2.75) is 85.0 Å². The molecular formula is C35H45N3O4. The van der Waals surface area contributed by atoms with E-state index in [1.165, 1.54) is 0 Å². The van der Waals surface area contributed by atoms with Crippen molar-refractivity contribution in [3.8, 4) is 0 Å². The smallest absolute Gasteiger partial charge is 0.408 e. The first-order valence-electron chi connectivity index (χ1n) is 14.7. The highest BCUT2D eigenvalue weighted by Gasteiger charge is 2.36. The van der Waals surface area contributed by atoms with Crippen molar-refractivity contribution in [1.29, 1.82) is 0 Å². The number of benzene rings is 3. The highest BCUT2D eigenvalue weighted by molar-refractivity contribution is 5.92. The molecule has 7 heteroatoms. The van der Waals surface area contributed by atoms with Gasteiger partial charge in [-0.25, -0.2) is 4.79 Å². The van der Waals surface area contributed by atoms with Gasteiger partial charge in [0.2, 0.25) is 11.8 Å². The topological polar surface area (TPSA) is 87.7 Å². The van der Waals surface area contributed by atoms with Gasteiger partial charge in [-0.3, -0.25) is 9.59 Å². The van der Waals surface area contributed by atoms with E-state index in [2.05, 4.69) is 10.6 Å². The Hall–Kier alpha value is -4.13. The Morgan fingerprint density at radius 3 is 2.05 bits per heavy atom. The minimum Gasteiger partial charge on any atom is -0.444 e. The van der Waals surface area contributed by atoms with Gasteiger partial charge in [-0.2, -0.15) is 0 Å². The quantitative estimate of drug-likeness (QED) is 0.262. The van der Waals surface area contributed by atoms with Gasteiger partial charge < -0.3 is 20.3 Å². The van der Waals surface area contributed by atoms with Crippen molar-refractivity contribution in [3.05, 3.63) is 107 Å². The van der Waals surface area contributed by atoms with Crippen LogP contribution in [0.4, 0.5) is 4.79 Å². The number of nitrogens with zero attached hydrogens (tertiary/aromatic N) is 1. The molecule has 0 spiro atoms. The number of rotatable bonds is 12. The lowest BCUT2D eigenvalue weighted by atomic mass is 9.97. The molecule has 0 bridgehead atoms. The normalized spacial score (nSPS) is 12.6. The van der Waals surface area contributed by atoms with E-state index in [4.69, 9.17) is 4.74 Å². The molecule has 0 aliphatic heterocycles. The summed E-state index contributed by atoms with van der Waals surface area (Å²) in [6.07, 6.45) is 1.11. The largest absolute Gasteiger partial charge is 0.444 e. The van der Waals surface area contributed by atoms with Crippen LogP contribution >= 0.6 is 0 Å². The molecule has 2 atom stereocenters. The second-order valence-corrected chi connectivity index (χ2v) is 11.7. The van der Waals surface area contributed by atoms with Crippen molar-refractivity contribution in [2.24, 2.45) is 0 Å². The highest BCUT2D eigenvalue weighted by atomic mass is 16.6. The Labute approximate surface area is 250 Å². The number of hydrogen-bond acceptors (Lipinski definition) is 4. The van der Waals surface area contributed by atoms with Gasteiger partial charge in [0, 0.05) is 19.5 Å². The summed E-state index contributed by atoms with van der Waals surface area (Å²) in [7, 11) is 0. The first-order chi connectivity index (χ1) is 20.0. The van der Waals surface area contributed by atoms with E-state index in [1.807, 2.05) is 99.6 Å². The number of unbranched alkanes of at least 4 members (excludes halogenated alkanes) is 1. The zero-order chi connectivity index (χ0) is 30.7. The van der Waals surface area contributed by atoms with Crippen LogP contribution in [0.5, 0.6) is 0 Å². The Kier molecular flexibility index (Phi) is 11.7. The molecular weight excluding hydrogens is 526 g/mol. The maximum Gasteiger partial charge on any atom is 0.408 e. The van der Waals surface area contributed by atoms with E-state index in [0.29, 0.717) is 19.5 Å². The molecule has 0 saturated carbocycles. The molecule has 0 fully saturated rings. The number of aryl methyl sites for hydroxylation is 2. The number of carbonyl (C=O) groups is 3. The van der Waals surface area contributed by atoms with Crippen LogP contribution in [0.25, 0.3) is 0 Å². The molecule has 3 aromatic rings. The Balaban J connectivity index is 2.02. The summed E-state index contributed by atoms with van der Waals surface area (Å²) in [5.41, 5.74) is 3.98. The number of amides is 3. The van der Waals surface area contributed by atoms with Crippen molar-refractivity contribution >= 4 is 17.9 Å². The third-order valence-corrected chi connectivity index (χ3v) is 7.02. The average Bonchev–Trinajstić information content (AvgIpc) is 2.95. The lowest BCUT2D eigenvalue weighted by Crippen LogP contribution is -2.54. The van der Waals surface area contributed by atoms with Gasteiger partial charge in [-0.1, -0.05) is 92.2 Å². The number of alkyl carbamates (subject to hydrolysis) is 1. The molecule has 0 aliphatic rings. The Morgan fingerprint density at radius 2 is 1.48 bits per heavy atom. The first-order valence-corrected chi connectivity index (χ1v) is 14.7. The lowest BCUT2D eigenvalue weighted by Gasteiger charge is -2.35. The monoisotopic (exact) mass is 571 g/mol. The van der Waals surface area contributed by atoms with Crippen LogP contribution in [0.15, 0.2) is 78.9 Å². The number of carbonyl (C=O) groups excluding carboxylic acids is 3. The summed E-state index contributed by atoms with van der Waals surface area (Å²) in [4.78, 5) is 43.0. The van der Waals surface area contributed by atoms with Crippen LogP contribution in [0.3, 0.4) is 0 Å². The summed E-state index contributed by atoms with van der Waals surface area (Å²) in [5.74, 6) is -0.612. The third-order valence-electron chi connectivity index (χ3n) is 7.02. The van der Waals surface area contributed by atoms with Gasteiger partial charge in [0.05, 0.1) is 0 Å². The fraction of sp³-hybridized carbons (Fsp3) is 0.400. The zero-order valence-electron chi connectivity index (χ0n) is 25.8. The van der Waals surface area contributed by atoms with E-state index in [0.717, 1.165) is 34.2 Å². The summed E-state index contributed by atoms with van der Waals surface area (Å²) in [6.45, 7) is 12.1. The Morgan fingerprint density at radius 1 is 0.857 bits per heavy atom. The molecule has 3 aromatic carbocycles. The summed E-state index contributed by atoms with van der Waals surface area (Å²) >= 11 is 0. The van der Waals surface area contributed by atoms with Gasteiger partial charge in [0.15, 0.2) is 0 Å². The minimum absolute atomic E-state index is 0.257. The van der Waals surface area contributed by atoms with Crippen LogP contribution in [0.1, 0.15) is 74.4 Å². The predicted octanol–water partition coefficient (Wildman–Crippen LogP) is 6.43. The molecule has 2 N–H and O–H groups in total. The van der Waals surface area contributed by atoms with Crippen molar-refractivity contribution in [1.82, 2.24) is 15.5 Å². The third kappa shape index (κ3) is 9.75. The highest BCUT2D eigenvalue weighted by Crippen LogP contribution is 2.26. The molecule has 0 radical (unpaired) electrons. The molecule has 2 unspecified atom stereocenters. The fourth-order valence-electron chi connectivity index (χ4n) is 4.68. The molecule has 224 valence electrons. The van der Waals surface area contributed by atoms with Crippen molar-refractivity contribution in [3.63, 3.8) is 0 Å². The molecule has 0 heterocycles. The van der Waals surface area contributed by atoms with Crippen LogP contribution < -0.4 is 10.6 Å². The average molecular weight is 572 g/mol. The molecule has 3 amide bonds. The van der Waals surface area contributed by atoms with Gasteiger partial charge in [-0.15, -0.1) is 0 Å². The van der Waals surface area contributed by atoms with Crippen molar-refractivity contribution < 1.29 is 19.1 Å². The maximum atomic E-state index is 14.5. The van der Waals surface area contributed by atoms with E-state index in [9.17, 15) is 14.4 Å². The van der Waals surface area contributed by atoms with Crippen LogP contribution in [0.2, 0.25) is 0 Å². The minimum atomic E-state index is -0.935. The van der Waals surface area contributed by atoms with Gasteiger partial charge >= 0.3 is 6.09 Å². The number of nitrogens with one attached hydrogen (secondary N) is 2. The SMILES string of the molecule is CCCCN(C(=O)C(Cc1ccccc1)NC(=O)OC(C)(C)C)C(C(=O)NCc1ccccc1)c1ccc(C)c(C)c1. The Bertz CT molecular complexity index is 1320. The second-order valence-electron chi connectivity index (χ2n) is 11.7. The molecule has 0 aromatic heterocycles. The van der Waals surface area contributed by atoms with E-state index in [-0.39, 0.29) is 18.2 Å². The predicted molar refractivity (Wildman–Crippen MR) is 167 cm³/mol. The summed E-state index contributed by atoms with van der Waals surface area (Å²) < 4.78 is 5.53. The molecule has 3 rings (SSSR count). The number of ether oxygens (including phenoxy) is 1. The molecule has 0 saturated heterocycles. The van der Waals surface area contributed by atoms with E-state index >= 15 is 0 Å². The molecule has 42 heavy (non-hydrogen) atoms. The fourth-order valence-corrected chi connectivity index (χ4v) is 4.68. The van der Waals surface area contributed by atoms with Gasteiger partial charge in [0.1, 0.15) is 17.7 Å². The summed E-state index contributed by atoms with van der Waals surface area (Å²) in [5, 5.41) is 5.88. The van der Waals surface area contributed by atoms with Crippen LogP contribution in [-0.2, 0) is 27.3 Å². The van der Waals surface area contributed by atoms with Gasteiger partial charge in [0.25, 0.3) is 0 Å². The molecule has 7 nitrogen and oxygen atoms in total. The standard InChI is InChI=1S/C35H45N3O4/c1-7-8-21-38(33(40)30(23-27-15-11-9-12-16-27)37-34(41)42-35(4,5)6)31(29-20-19-25(2)26(3)22-29)32(39)36-24-28-17-13-10-14-18-28/h9-20,22,30-31H,7-8,21,23-24H2,1-6H3,(H,36,39)(H,37,41). The molecule has 0 aliphatic carbocycles. The van der Waals surface area contributed by atoms with Crippen LogP contribution in [-0.4, -0.2) is 41.0 Å². The maximum absolute atomic E-state index is 14.5. The van der Waals surface area contributed by atoms with E-state index < -0.39 is 23.8 Å². The van der Waals surface area contributed by atoms with Crippen LogP contribution in [0, 0.1) is 13.8 Å². The van der Waals surface area contributed by atoms with Gasteiger partial charge in [-0.05, 0) is 68.9 Å². The first kappa shape index (κ1) is 32.4. The number of hydrogen-bond donors (Lipinski definition) is 2. The zero-order valence-corrected chi connectivity index (χ0v) is 25.8. The summed E-state index contributed by atoms with van der Waals surface area (Å²) in [6, 6.07) is 23.3.